The van der Waals surface area contributed by atoms with E-state index in [2.05, 4.69) is 5.32 Å². The van der Waals surface area contributed by atoms with Gasteiger partial charge in [0.2, 0.25) is 5.91 Å². The molecule has 3 rings (SSSR count). The highest BCUT2D eigenvalue weighted by atomic mass is 16.5. The number of esters is 2. The van der Waals surface area contributed by atoms with Crippen LogP contribution in [0.15, 0.2) is 66.7 Å². The molecule has 9 nitrogen and oxygen atoms in total. The first-order valence-corrected chi connectivity index (χ1v) is 12.7. The molecule has 3 aromatic carbocycles. The van der Waals surface area contributed by atoms with Gasteiger partial charge < -0.3 is 19.5 Å². The molecule has 0 spiro atoms. The van der Waals surface area contributed by atoms with E-state index in [4.69, 9.17) is 14.2 Å². The maximum Gasteiger partial charge on any atom is 0.338 e. The number of rotatable bonds is 13. The van der Waals surface area contributed by atoms with Crippen molar-refractivity contribution in [1.29, 1.82) is 0 Å². The van der Waals surface area contributed by atoms with Gasteiger partial charge in [-0.2, -0.15) is 0 Å². The number of benzene rings is 3. The topological polar surface area (TPSA) is 125 Å². The molecule has 0 aromatic heterocycles. The van der Waals surface area contributed by atoms with E-state index in [-0.39, 0.29) is 48.9 Å². The molecule has 0 saturated heterocycles. The molecule has 0 saturated carbocycles. The molecule has 0 atom stereocenters. The van der Waals surface area contributed by atoms with Gasteiger partial charge in [-0.3, -0.25) is 19.2 Å². The van der Waals surface area contributed by atoms with Gasteiger partial charge >= 0.3 is 11.9 Å². The molecule has 1 N–H and O–H groups in total. The van der Waals surface area contributed by atoms with Crippen molar-refractivity contribution in [3.63, 3.8) is 0 Å². The highest BCUT2D eigenvalue weighted by molar-refractivity contribution is 6.00. The van der Waals surface area contributed by atoms with Crippen molar-refractivity contribution in [1.82, 2.24) is 0 Å². The molecule has 208 valence electrons. The van der Waals surface area contributed by atoms with Crippen LogP contribution >= 0.6 is 0 Å². The number of methoxy groups -OCH3 is 1. The van der Waals surface area contributed by atoms with Gasteiger partial charge in [0.05, 0.1) is 12.7 Å². The lowest BCUT2D eigenvalue weighted by molar-refractivity contribution is -0.142. The van der Waals surface area contributed by atoms with Crippen molar-refractivity contribution >= 4 is 35.1 Å². The second kappa shape index (κ2) is 14.4. The first-order chi connectivity index (χ1) is 19.2. The van der Waals surface area contributed by atoms with Crippen LogP contribution in [0.3, 0.4) is 0 Å². The molecular formula is C31H31NO8. The first-order valence-electron chi connectivity index (χ1n) is 12.7. The van der Waals surface area contributed by atoms with Gasteiger partial charge in [-0.15, -0.1) is 0 Å². The van der Waals surface area contributed by atoms with Crippen molar-refractivity contribution in [2.24, 2.45) is 0 Å². The first kappa shape index (κ1) is 29.8. The number of ketones is 2. The number of aryl methyl sites for hydroxylation is 2. The summed E-state index contributed by atoms with van der Waals surface area (Å²) in [6.07, 6.45) is 0.306. The average Bonchev–Trinajstić information content (AvgIpc) is 2.96. The van der Waals surface area contributed by atoms with Crippen LogP contribution in [0.4, 0.5) is 5.69 Å². The van der Waals surface area contributed by atoms with Crippen LogP contribution in [0.2, 0.25) is 0 Å². The number of Topliss-reactive ketones (excluding diaryl/α,β-unsaturated/α-hetero) is 2. The molecule has 0 aliphatic carbocycles. The smallest absolute Gasteiger partial charge is 0.338 e. The van der Waals surface area contributed by atoms with E-state index in [1.54, 1.807) is 36.4 Å². The minimum Gasteiger partial charge on any atom is -0.497 e. The molecule has 0 heterocycles. The fourth-order valence-corrected chi connectivity index (χ4v) is 3.60. The normalized spacial score (nSPS) is 10.4. The van der Waals surface area contributed by atoms with E-state index in [1.165, 1.54) is 31.4 Å². The van der Waals surface area contributed by atoms with E-state index in [9.17, 15) is 24.0 Å². The zero-order chi connectivity index (χ0) is 29.1. The standard InChI is InChI=1S/C31H31NO8/c1-20-7-8-24(17-21(20)2)28(34)18-39-30(36)6-4-5-29(35)32-25-13-9-23(10-14-25)31(37)40-19-27(33)22-11-15-26(38-3)16-12-22/h7-17H,4-6,18-19H2,1-3H3,(H,32,35). The predicted octanol–water partition coefficient (Wildman–Crippen LogP) is 4.89. The van der Waals surface area contributed by atoms with Crippen LogP contribution in [0.25, 0.3) is 0 Å². The summed E-state index contributed by atoms with van der Waals surface area (Å²) in [5.74, 6) is -1.57. The van der Waals surface area contributed by atoms with Crippen molar-refractivity contribution < 1.29 is 38.2 Å². The second-order valence-corrected chi connectivity index (χ2v) is 9.09. The lowest BCUT2D eigenvalue weighted by Crippen LogP contribution is -2.16. The van der Waals surface area contributed by atoms with E-state index in [1.807, 2.05) is 19.9 Å². The Kier molecular flexibility index (Phi) is 10.7. The minimum atomic E-state index is -0.672. The zero-order valence-electron chi connectivity index (χ0n) is 22.7. The predicted molar refractivity (Wildman–Crippen MR) is 148 cm³/mol. The number of nitrogens with one attached hydrogen (secondary N) is 1. The molecule has 1 amide bonds. The second-order valence-electron chi connectivity index (χ2n) is 9.09. The summed E-state index contributed by atoms with van der Waals surface area (Å²) in [4.78, 5) is 60.9. The SMILES string of the molecule is COc1ccc(C(=O)COC(=O)c2ccc(NC(=O)CCCC(=O)OCC(=O)c3ccc(C)c(C)c3)cc2)cc1. The highest BCUT2D eigenvalue weighted by Crippen LogP contribution is 2.15. The maximum atomic E-state index is 12.3. The molecule has 9 heteroatoms. The van der Waals surface area contributed by atoms with Crippen LogP contribution in [-0.2, 0) is 19.1 Å². The van der Waals surface area contributed by atoms with Crippen molar-refractivity contribution in [2.45, 2.75) is 33.1 Å². The third-order valence-electron chi connectivity index (χ3n) is 6.13. The molecular weight excluding hydrogens is 514 g/mol. The van der Waals surface area contributed by atoms with Gasteiger partial charge in [-0.1, -0.05) is 12.1 Å². The lowest BCUT2D eigenvalue weighted by atomic mass is 10.0. The summed E-state index contributed by atoms with van der Waals surface area (Å²) in [7, 11) is 1.52. The zero-order valence-corrected chi connectivity index (χ0v) is 22.7. The highest BCUT2D eigenvalue weighted by Gasteiger charge is 2.14. The number of carbonyl (C=O) groups is 5. The third-order valence-corrected chi connectivity index (χ3v) is 6.13. The number of anilines is 1. The molecule has 0 aliphatic rings. The molecule has 0 radical (unpaired) electrons. The number of carbonyl (C=O) groups excluding carboxylic acids is 5. The number of hydrogen-bond donors (Lipinski definition) is 1. The van der Waals surface area contributed by atoms with E-state index < -0.39 is 18.5 Å². The van der Waals surface area contributed by atoms with Gasteiger partial charge in [-0.25, -0.2) is 4.79 Å². The summed E-state index contributed by atoms with van der Waals surface area (Å²) in [5, 5.41) is 2.68. The van der Waals surface area contributed by atoms with E-state index >= 15 is 0 Å². The Bertz CT molecular complexity index is 1380. The van der Waals surface area contributed by atoms with Crippen LogP contribution < -0.4 is 10.1 Å². The Morgan fingerprint density at radius 1 is 0.675 bits per heavy atom. The van der Waals surface area contributed by atoms with E-state index in [0.29, 0.717) is 22.6 Å². The van der Waals surface area contributed by atoms with Crippen LogP contribution in [-0.4, -0.2) is 49.7 Å². The fraction of sp³-hybridized carbons (Fsp3) is 0.258. The van der Waals surface area contributed by atoms with Crippen LogP contribution in [0.5, 0.6) is 5.75 Å². The monoisotopic (exact) mass is 545 g/mol. The maximum absolute atomic E-state index is 12.3. The molecule has 40 heavy (non-hydrogen) atoms. The van der Waals surface area contributed by atoms with Crippen molar-refractivity contribution in [2.75, 3.05) is 25.6 Å². The van der Waals surface area contributed by atoms with Gasteiger partial charge in [0.25, 0.3) is 0 Å². The number of ether oxygens (including phenoxy) is 3. The minimum absolute atomic E-state index is 0.00630. The largest absolute Gasteiger partial charge is 0.497 e. The quantitative estimate of drug-likeness (QED) is 0.238. The molecule has 0 bridgehead atoms. The van der Waals surface area contributed by atoms with Gasteiger partial charge in [-0.05, 0) is 86.0 Å². The summed E-state index contributed by atoms with van der Waals surface area (Å²) < 4.78 is 15.2. The summed E-state index contributed by atoms with van der Waals surface area (Å²) in [6, 6.07) is 17.8. The fourth-order valence-electron chi connectivity index (χ4n) is 3.60. The summed E-state index contributed by atoms with van der Waals surface area (Å²) in [6.45, 7) is 3.09. The van der Waals surface area contributed by atoms with Gasteiger partial charge in [0, 0.05) is 29.7 Å². The van der Waals surface area contributed by atoms with Gasteiger partial charge in [0.1, 0.15) is 5.75 Å². The Hall–Kier alpha value is -4.79. The average molecular weight is 546 g/mol. The van der Waals surface area contributed by atoms with Crippen molar-refractivity contribution in [3.8, 4) is 5.75 Å². The Morgan fingerprint density at radius 3 is 1.93 bits per heavy atom. The molecule has 0 aliphatic heterocycles. The Balaban J connectivity index is 1.35. The van der Waals surface area contributed by atoms with Crippen molar-refractivity contribution in [3.05, 3.63) is 94.5 Å². The van der Waals surface area contributed by atoms with E-state index in [0.717, 1.165) is 11.1 Å². The number of amides is 1. The summed E-state index contributed by atoms with van der Waals surface area (Å²) in [5.41, 5.74) is 3.60. The third kappa shape index (κ3) is 8.90. The van der Waals surface area contributed by atoms with Gasteiger partial charge in [0.15, 0.2) is 24.8 Å². The molecule has 0 unspecified atom stereocenters. The Morgan fingerprint density at radius 2 is 1.27 bits per heavy atom. The summed E-state index contributed by atoms with van der Waals surface area (Å²) >= 11 is 0. The van der Waals surface area contributed by atoms with Crippen LogP contribution in [0, 0.1) is 13.8 Å². The number of hydrogen-bond acceptors (Lipinski definition) is 8. The Labute approximate surface area is 232 Å². The molecule has 0 fully saturated rings. The van der Waals surface area contributed by atoms with Crippen LogP contribution in [0.1, 0.15) is 61.5 Å². The molecule has 3 aromatic rings. The lowest BCUT2D eigenvalue weighted by Gasteiger charge is -2.08.